The Balaban J connectivity index is 2.72. The van der Waals surface area contributed by atoms with Crippen LogP contribution in [0.3, 0.4) is 0 Å². The quantitative estimate of drug-likeness (QED) is 0.753. The molecule has 0 radical (unpaired) electrons. The van der Waals surface area contributed by atoms with Crippen LogP contribution >= 0.6 is 0 Å². The zero-order valence-corrected chi connectivity index (χ0v) is 9.92. The Kier molecular flexibility index (Phi) is 4.30. The van der Waals surface area contributed by atoms with Gasteiger partial charge >= 0.3 is 0 Å². The molecule has 2 N–H and O–H groups in total. The Labute approximate surface area is 92.4 Å². The second-order valence-corrected chi connectivity index (χ2v) is 4.18. The van der Waals surface area contributed by atoms with Gasteiger partial charge in [-0.05, 0) is 38.3 Å². The van der Waals surface area contributed by atoms with Crippen molar-refractivity contribution in [1.82, 2.24) is 0 Å². The van der Waals surface area contributed by atoms with Crippen LogP contribution in [0, 0.1) is 6.92 Å². The van der Waals surface area contributed by atoms with Crippen LogP contribution in [0.2, 0.25) is 0 Å². The Hall–Kier alpha value is -0.860. The van der Waals surface area contributed by atoms with Crippen LogP contribution in [0.5, 0.6) is 0 Å². The lowest BCUT2D eigenvalue weighted by atomic mass is 9.87. The summed E-state index contributed by atoms with van der Waals surface area (Å²) in [5.74, 6) is 0. The van der Waals surface area contributed by atoms with E-state index < -0.39 is 0 Å². The number of benzene rings is 1. The first-order valence-electron chi connectivity index (χ1n) is 5.50. The summed E-state index contributed by atoms with van der Waals surface area (Å²) in [6.45, 7) is 7.64. The average Bonchev–Trinajstić information content (AvgIpc) is 2.18. The minimum atomic E-state index is -0.291. The van der Waals surface area contributed by atoms with Gasteiger partial charge in [-0.2, -0.15) is 0 Å². The van der Waals surface area contributed by atoms with E-state index in [0.29, 0.717) is 0 Å². The molecule has 0 aliphatic heterocycles. The third kappa shape index (κ3) is 3.33. The molecule has 0 saturated heterocycles. The lowest BCUT2D eigenvalue weighted by Crippen LogP contribution is -2.35. The van der Waals surface area contributed by atoms with Crippen molar-refractivity contribution in [2.45, 2.75) is 32.7 Å². The molecule has 1 aromatic rings. The summed E-state index contributed by atoms with van der Waals surface area (Å²) in [4.78, 5) is 0. The van der Waals surface area contributed by atoms with Crippen LogP contribution in [0.15, 0.2) is 24.3 Å². The van der Waals surface area contributed by atoms with Crippen LogP contribution in [0.4, 0.5) is 0 Å². The molecule has 84 valence electrons. The van der Waals surface area contributed by atoms with E-state index in [-0.39, 0.29) is 5.54 Å². The number of rotatable bonds is 5. The van der Waals surface area contributed by atoms with Crippen molar-refractivity contribution in [3.8, 4) is 0 Å². The Bertz CT molecular complexity index is 307. The van der Waals surface area contributed by atoms with Crippen LogP contribution in [-0.4, -0.2) is 13.2 Å². The van der Waals surface area contributed by atoms with Gasteiger partial charge in [0.05, 0.1) is 0 Å². The molecule has 2 heteroatoms. The van der Waals surface area contributed by atoms with E-state index in [9.17, 15) is 0 Å². The summed E-state index contributed by atoms with van der Waals surface area (Å²) in [6, 6.07) is 8.27. The summed E-state index contributed by atoms with van der Waals surface area (Å²) in [6.07, 6.45) is 0.853. The summed E-state index contributed by atoms with van der Waals surface area (Å²) < 4.78 is 5.35. The Morgan fingerprint density at radius 2 is 2.00 bits per heavy atom. The number of hydrogen-bond acceptors (Lipinski definition) is 2. The standard InChI is InChI=1S/C13H21NO/c1-4-15-10-9-13(3,14)12-8-6-5-7-11(12)2/h5-8H,4,9-10,14H2,1-3H3. The fourth-order valence-corrected chi connectivity index (χ4v) is 1.78. The van der Waals surface area contributed by atoms with Crippen LogP contribution in [0.25, 0.3) is 0 Å². The van der Waals surface area contributed by atoms with Gasteiger partial charge in [0.2, 0.25) is 0 Å². The molecule has 0 spiro atoms. The van der Waals surface area contributed by atoms with Crippen molar-refractivity contribution in [2.24, 2.45) is 5.73 Å². The molecule has 1 atom stereocenters. The van der Waals surface area contributed by atoms with Crippen LogP contribution in [-0.2, 0) is 10.3 Å². The first kappa shape index (κ1) is 12.2. The third-order valence-corrected chi connectivity index (χ3v) is 2.73. The third-order valence-electron chi connectivity index (χ3n) is 2.73. The van der Waals surface area contributed by atoms with Crippen LogP contribution in [0.1, 0.15) is 31.4 Å². The maximum absolute atomic E-state index is 6.30. The number of ether oxygens (including phenoxy) is 1. The van der Waals surface area contributed by atoms with Crippen molar-refractivity contribution in [3.05, 3.63) is 35.4 Å². The summed E-state index contributed by atoms with van der Waals surface area (Å²) in [7, 11) is 0. The van der Waals surface area contributed by atoms with E-state index in [1.807, 2.05) is 19.1 Å². The van der Waals surface area contributed by atoms with E-state index in [4.69, 9.17) is 10.5 Å². The number of hydrogen-bond donors (Lipinski definition) is 1. The Morgan fingerprint density at radius 3 is 2.60 bits per heavy atom. The molecule has 1 unspecified atom stereocenters. The van der Waals surface area contributed by atoms with Gasteiger partial charge in [0.25, 0.3) is 0 Å². The molecule has 0 saturated carbocycles. The second kappa shape index (κ2) is 5.29. The van der Waals surface area contributed by atoms with Gasteiger partial charge in [-0.1, -0.05) is 24.3 Å². The smallest absolute Gasteiger partial charge is 0.0486 e. The predicted octanol–water partition coefficient (Wildman–Crippen LogP) is 2.60. The highest BCUT2D eigenvalue weighted by Gasteiger charge is 2.22. The fourth-order valence-electron chi connectivity index (χ4n) is 1.78. The molecule has 2 nitrogen and oxygen atoms in total. The minimum absolute atomic E-state index is 0.291. The predicted molar refractivity (Wildman–Crippen MR) is 63.8 cm³/mol. The molecule has 1 aromatic carbocycles. The average molecular weight is 207 g/mol. The highest BCUT2D eigenvalue weighted by Crippen LogP contribution is 2.24. The van der Waals surface area contributed by atoms with Crippen molar-refractivity contribution in [1.29, 1.82) is 0 Å². The van der Waals surface area contributed by atoms with Crippen molar-refractivity contribution in [3.63, 3.8) is 0 Å². The molecule has 0 heterocycles. The van der Waals surface area contributed by atoms with E-state index >= 15 is 0 Å². The molecule has 0 amide bonds. The largest absolute Gasteiger partial charge is 0.382 e. The van der Waals surface area contributed by atoms with E-state index in [0.717, 1.165) is 19.6 Å². The van der Waals surface area contributed by atoms with Gasteiger partial charge < -0.3 is 10.5 Å². The van der Waals surface area contributed by atoms with E-state index in [1.165, 1.54) is 11.1 Å². The zero-order valence-electron chi connectivity index (χ0n) is 9.92. The van der Waals surface area contributed by atoms with Crippen molar-refractivity contribution in [2.75, 3.05) is 13.2 Å². The van der Waals surface area contributed by atoms with Gasteiger partial charge in [-0.15, -0.1) is 0 Å². The summed E-state index contributed by atoms with van der Waals surface area (Å²) >= 11 is 0. The van der Waals surface area contributed by atoms with Gasteiger partial charge in [-0.25, -0.2) is 0 Å². The van der Waals surface area contributed by atoms with Crippen molar-refractivity contribution < 1.29 is 4.74 Å². The molecule has 0 aromatic heterocycles. The first-order chi connectivity index (χ1) is 7.08. The molecule has 1 rings (SSSR count). The molecule has 0 fully saturated rings. The molecule has 0 bridgehead atoms. The molecule has 15 heavy (non-hydrogen) atoms. The first-order valence-corrected chi connectivity index (χ1v) is 5.50. The van der Waals surface area contributed by atoms with E-state index in [1.54, 1.807) is 0 Å². The Morgan fingerprint density at radius 1 is 1.33 bits per heavy atom. The monoisotopic (exact) mass is 207 g/mol. The topological polar surface area (TPSA) is 35.2 Å². The molecular formula is C13H21NO. The van der Waals surface area contributed by atoms with Gasteiger partial charge in [-0.3, -0.25) is 0 Å². The molecular weight excluding hydrogens is 186 g/mol. The SMILES string of the molecule is CCOCCC(C)(N)c1ccccc1C. The molecule has 0 aliphatic carbocycles. The zero-order chi connectivity index (χ0) is 11.3. The maximum atomic E-state index is 6.30. The van der Waals surface area contributed by atoms with Crippen molar-refractivity contribution >= 4 is 0 Å². The van der Waals surface area contributed by atoms with Gasteiger partial charge in [0.1, 0.15) is 0 Å². The van der Waals surface area contributed by atoms with Gasteiger partial charge in [0, 0.05) is 18.8 Å². The second-order valence-electron chi connectivity index (χ2n) is 4.18. The number of aryl methyl sites for hydroxylation is 1. The minimum Gasteiger partial charge on any atom is -0.382 e. The molecule has 0 aliphatic rings. The van der Waals surface area contributed by atoms with Crippen LogP contribution < -0.4 is 5.73 Å². The number of nitrogens with two attached hydrogens (primary N) is 1. The summed E-state index contributed by atoms with van der Waals surface area (Å²) in [5.41, 5.74) is 8.47. The lowest BCUT2D eigenvalue weighted by molar-refractivity contribution is 0.128. The lowest BCUT2D eigenvalue weighted by Gasteiger charge is -2.26. The fraction of sp³-hybridized carbons (Fsp3) is 0.538. The highest BCUT2D eigenvalue weighted by atomic mass is 16.5. The normalized spacial score (nSPS) is 14.9. The highest BCUT2D eigenvalue weighted by molar-refractivity contribution is 5.31. The maximum Gasteiger partial charge on any atom is 0.0486 e. The summed E-state index contributed by atoms with van der Waals surface area (Å²) in [5, 5.41) is 0. The van der Waals surface area contributed by atoms with E-state index in [2.05, 4.69) is 26.0 Å². The van der Waals surface area contributed by atoms with Gasteiger partial charge in [0.15, 0.2) is 0 Å².